The number of rotatable bonds is 6. The van der Waals surface area contributed by atoms with Gasteiger partial charge in [0.2, 0.25) is 0 Å². The lowest BCUT2D eigenvalue weighted by molar-refractivity contribution is 0.0697. The van der Waals surface area contributed by atoms with E-state index in [4.69, 9.17) is 14.6 Å². The summed E-state index contributed by atoms with van der Waals surface area (Å²) in [6, 6.07) is 12.9. The number of aryl methyl sites for hydroxylation is 1. The second-order valence-corrected chi connectivity index (χ2v) is 8.05. The van der Waals surface area contributed by atoms with E-state index in [1.54, 1.807) is 10.7 Å². The van der Waals surface area contributed by atoms with Gasteiger partial charge in [0.1, 0.15) is 5.82 Å². The van der Waals surface area contributed by atoms with E-state index in [0.717, 1.165) is 16.9 Å². The van der Waals surface area contributed by atoms with Crippen molar-refractivity contribution in [2.45, 2.75) is 33.1 Å². The maximum absolute atomic E-state index is 11.9. The van der Waals surface area contributed by atoms with Crippen LogP contribution in [-0.4, -0.2) is 35.1 Å². The van der Waals surface area contributed by atoms with E-state index in [2.05, 4.69) is 26.1 Å². The fraction of sp³-hybridized carbons (Fsp3) is 0.304. The first kappa shape index (κ1) is 21.2. The molecule has 0 saturated carbocycles. The van der Waals surface area contributed by atoms with Crippen LogP contribution < -0.4 is 14.8 Å². The van der Waals surface area contributed by atoms with E-state index in [-0.39, 0.29) is 11.0 Å². The third-order valence-corrected chi connectivity index (χ3v) is 4.84. The van der Waals surface area contributed by atoms with Crippen LogP contribution in [0.1, 0.15) is 42.4 Å². The molecule has 0 atom stereocenters. The summed E-state index contributed by atoms with van der Waals surface area (Å²) in [6.45, 7) is 8.26. The molecule has 0 aliphatic rings. The molecule has 0 aliphatic heterocycles. The third-order valence-electron chi connectivity index (χ3n) is 4.84. The molecule has 1 aromatic heterocycles. The first-order chi connectivity index (χ1) is 14.2. The molecular formula is C23H27N3O4. The van der Waals surface area contributed by atoms with E-state index < -0.39 is 5.97 Å². The van der Waals surface area contributed by atoms with Gasteiger partial charge in [-0.25, -0.2) is 9.48 Å². The van der Waals surface area contributed by atoms with Gasteiger partial charge in [-0.15, -0.1) is 0 Å². The fourth-order valence-electron chi connectivity index (χ4n) is 3.12. The molecule has 30 heavy (non-hydrogen) atoms. The molecule has 3 rings (SSSR count). The lowest BCUT2D eigenvalue weighted by Crippen LogP contribution is -2.13. The van der Waals surface area contributed by atoms with Crippen LogP contribution in [0.4, 0.5) is 11.5 Å². The number of carbonyl (C=O) groups is 1. The van der Waals surface area contributed by atoms with Gasteiger partial charge in [0.15, 0.2) is 11.5 Å². The zero-order chi connectivity index (χ0) is 22.1. The Balaban J connectivity index is 2.18. The van der Waals surface area contributed by atoms with Crippen LogP contribution in [0.5, 0.6) is 11.5 Å². The number of ether oxygens (including phenoxy) is 2. The molecule has 3 aromatic rings. The molecule has 158 valence electrons. The smallest absolute Gasteiger partial charge is 0.337 e. The summed E-state index contributed by atoms with van der Waals surface area (Å²) in [5, 5.41) is 17.8. The molecule has 0 fully saturated rings. The average Bonchev–Trinajstić information content (AvgIpc) is 3.11. The molecule has 2 aromatic carbocycles. The number of hydrogen-bond donors (Lipinski definition) is 2. The highest BCUT2D eigenvalue weighted by Crippen LogP contribution is 2.36. The molecule has 0 amide bonds. The zero-order valence-electron chi connectivity index (χ0n) is 18.1. The maximum atomic E-state index is 11.9. The van der Waals surface area contributed by atoms with Gasteiger partial charge in [-0.2, -0.15) is 5.10 Å². The van der Waals surface area contributed by atoms with Crippen molar-refractivity contribution in [3.05, 3.63) is 59.3 Å². The monoisotopic (exact) mass is 409 g/mol. The van der Waals surface area contributed by atoms with Gasteiger partial charge < -0.3 is 19.9 Å². The van der Waals surface area contributed by atoms with E-state index in [9.17, 15) is 9.90 Å². The van der Waals surface area contributed by atoms with Crippen molar-refractivity contribution in [3.8, 4) is 17.2 Å². The highest BCUT2D eigenvalue weighted by Gasteiger charge is 2.23. The Hall–Kier alpha value is -3.48. The lowest BCUT2D eigenvalue weighted by Gasteiger charge is -2.16. The number of nitrogens with zero attached hydrogens (tertiary/aromatic N) is 2. The summed E-state index contributed by atoms with van der Waals surface area (Å²) < 4.78 is 12.4. The molecule has 0 unspecified atom stereocenters. The van der Waals surface area contributed by atoms with Crippen LogP contribution in [0, 0.1) is 6.92 Å². The minimum absolute atomic E-state index is 0.0718. The summed E-state index contributed by atoms with van der Waals surface area (Å²) in [5.74, 6) is 0.367. The predicted octanol–water partition coefficient (Wildman–Crippen LogP) is 4.94. The summed E-state index contributed by atoms with van der Waals surface area (Å²) >= 11 is 0. The number of benzene rings is 2. The van der Waals surface area contributed by atoms with Gasteiger partial charge in [-0.05, 0) is 18.6 Å². The number of aromatic carboxylic acids is 1. The third kappa shape index (κ3) is 4.10. The number of carboxylic acid groups (broad SMARTS) is 1. The molecule has 0 saturated heterocycles. The second kappa shape index (κ2) is 8.10. The van der Waals surface area contributed by atoms with E-state index >= 15 is 0 Å². The van der Waals surface area contributed by atoms with Gasteiger partial charge in [0.25, 0.3) is 0 Å². The zero-order valence-corrected chi connectivity index (χ0v) is 18.1. The van der Waals surface area contributed by atoms with Crippen LogP contribution >= 0.6 is 0 Å². The predicted molar refractivity (Wildman–Crippen MR) is 117 cm³/mol. The van der Waals surface area contributed by atoms with Crippen LogP contribution in [0.25, 0.3) is 5.69 Å². The van der Waals surface area contributed by atoms with Crippen molar-refractivity contribution in [2.75, 3.05) is 19.5 Å². The highest BCUT2D eigenvalue weighted by molar-refractivity contribution is 5.96. The van der Waals surface area contributed by atoms with Gasteiger partial charge in [-0.1, -0.05) is 39.0 Å². The number of carboxylic acids is 1. The standard InChI is InChI=1S/C23H27N3O4/c1-14-9-7-8-10-17(14)26-21(13-20(25-26)23(2,3)4)24-16-12-19(30-6)18(29-5)11-15(16)22(27)28/h7-13,24H,1-6H3,(H,27,28). The maximum Gasteiger partial charge on any atom is 0.337 e. The molecular weight excluding hydrogens is 382 g/mol. The number of aromatic nitrogens is 2. The Morgan fingerprint density at radius 3 is 2.27 bits per heavy atom. The van der Waals surface area contributed by atoms with E-state index in [1.807, 2.05) is 37.3 Å². The largest absolute Gasteiger partial charge is 0.493 e. The van der Waals surface area contributed by atoms with Crippen molar-refractivity contribution in [3.63, 3.8) is 0 Å². The first-order valence-corrected chi connectivity index (χ1v) is 9.58. The minimum atomic E-state index is -1.07. The van der Waals surface area contributed by atoms with Gasteiger partial charge in [-0.3, -0.25) is 0 Å². The Morgan fingerprint density at radius 1 is 1.07 bits per heavy atom. The SMILES string of the molecule is COc1cc(Nc2cc(C(C)(C)C)nn2-c2ccccc2C)c(C(=O)O)cc1OC. The van der Waals surface area contributed by atoms with Crippen molar-refractivity contribution in [2.24, 2.45) is 0 Å². The topological polar surface area (TPSA) is 85.6 Å². The number of methoxy groups -OCH3 is 2. The van der Waals surface area contributed by atoms with E-state index in [1.165, 1.54) is 20.3 Å². The Kier molecular flexibility index (Phi) is 5.73. The molecule has 0 radical (unpaired) electrons. The molecule has 0 bridgehead atoms. The quantitative estimate of drug-likeness (QED) is 0.600. The van der Waals surface area contributed by atoms with Crippen molar-refractivity contribution < 1.29 is 19.4 Å². The van der Waals surface area contributed by atoms with Crippen molar-refractivity contribution in [1.82, 2.24) is 9.78 Å². The minimum Gasteiger partial charge on any atom is -0.493 e. The summed E-state index contributed by atoms with van der Waals surface area (Å²) in [5.41, 5.74) is 3.11. The number of anilines is 2. The Bertz CT molecular complexity index is 1080. The summed E-state index contributed by atoms with van der Waals surface area (Å²) in [4.78, 5) is 11.9. The summed E-state index contributed by atoms with van der Waals surface area (Å²) in [6.07, 6.45) is 0. The van der Waals surface area contributed by atoms with E-state index in [0.29, 0.717) is 23.0 Å². The summed E-state index contributed by atoms with van der Waals surface area (Å²) in [7, 11) is 2.98. The molecule has 0 spiro atoms. The first-order valence-electron chi connectivity index (χ1n) is 9.58. The molecule has 7 nitrogen and oxygen atoms in total. The van der Waals surface area contributed by atoms with Gasteiger partial charge in [0, 0.05) is 23.6 Å². The normalized spacial score (nSPS) is 11.3. The molecule has 1 heterocycles. The fourth-order valence-corrected chi connectivity index (χ4v) is 3.12. The highest BCUT2D eigenvalue weighted by atomic mass is 16.5. The van der Waals surface area contributed by atoms with Gasteiger partial charge >= 0.3 is 5.97 Å². The van der Waals surface area contributed by atoms with Gasteiger partial charge in [0.05, 0.1) is 36.9 Å². The van der Waals surface area contributed by atoms with Crippen molar-refractivity contribution >= 4 is 17.5 Å². The van der Waals surface area contributed by atoms with Crippen molar-refractivity contribution in [1.29, 1.82) is 0 Å². The van der Waals surface area contributed by atoms with Crippen LogP contribution in [0.15, 0.2) is 42.5 Å². The van der Waals surface area contributed by atoms with Crippen LogP contribution in [0.3, 0.4) is 0 Å². The lowest BCUT2D eigenvalue weighted by atomic mass is 9.92. The molecule has 2 N–H and O–H groups in total. The number of nitrogens with one attached hydrogen (secondary N) is 1. The molecule has 7 heteroatoms. The molecule has 0 aliphatic carbocycles. The Morgan fingerprint density at radius 2 is 1.70 bits per heavy atom. The average molecular weight is 409 g/mol. The van der Waals surface area contributed by atoms with Crippen LogP contribution in [-0.2, 0) is 5.41 Å². The number of para-hydroxylation sites is 1. The Labute approximate surface area is 176 Å². The van der Waals surface area contributed by atoms with Crippen LogP contribution in [0.2, 0.25) is 0 Å². The second-order valence-electron chi connectivity index (χ2n) is 8.05. The number of hydrogen-bond acceptors (Lipinski definition) is 5.